The monoisotopic (exact) mass is 354 g/mol. The average Bonchev–Trinajstić information content (AvgIpc) is 3.16. The number of nitrogens with two attached hydrogens (primary N) is 1. The topological polar surface area (TPSA) is 59.6 Å². The number of aryl methyl sites for hydroxylation is 1. The quantitative estimate of drug-likeness (QED) is 0.565. The maximum absolute atomic E-state index is 14.3. The van der Waals surface area contributed by atoms with Gasteiger partial charge in [0.15, 0.2) is 0 Å². The van der Waals surface area contributed by atoms with Crippen LogP contribution in [0.1, 0.15) is 11.3 Å². The van der Waals surface area contributed by atoms with E-state index < -0.39 is 0 Å². The van der Waals surface area contributed by atoms with Crippen LogP contribution in [-0.4, -0.2) is 14.8 Å². The minimum Gasteiger partial charge on any atom is -0.326 e. The second-order valence-corrected chi connectivity index (χ2v) is 6.31. The molecular weight excluding hydrogens is 339 g/mol. The van der Waals surface area contributed by atoms with Crippen molar-refractivity contribution in [2.24, 2.45) is 5.73 Å². The third kappa shape index (κ3) is 2.52. The van der Waals surface area contributed by atoms with Gasteiger partial charge in [0.05, 0.1) is 16.2 Å². The molecule has 2 aromatic heterocycles. The van der Waals surface area contributed by atoms with Gasteiger partial charge in [0.25, 0.3) is 0 Å². The summed E-state index contributed by atoms with van der Waals surface area (Å²) in [5, 5.41) is 8.75. The van der Waals surface area contributed by atoms with Gasteiger partial charge < -0.3 is 10.3 Å². The molecule has 4 nitrogen and oxygen atoms in total. The number of nitrogens with zero attached hydrogens (tertiary/aromatic N) is 2. The molecule has 0 saturated carbocycles. The van der Waals surface area contributed by atoms with E-state index in [4.69, 9.17) is 17.3 Å². The van der Waals surface area contributed by atoms with Crippen molar-refractivity contribution in [1.82, 2.24) is 14.8 Å². The van der Waals surface area contributed by atoms with Gasteiger partial charge in [-0.15, -0.1) is 0 Å². The minimum absolute atomic E-state index is 0.157. The Kier molecular flexibility index (Phi) is 3.82. The lowest BCUT2D eigenvalue weighted by Gasteiger charge is -2.11. The van der Waals surface area contributed by atoms with E-state index in [0.29, 0.717) is 22.0 Å². The Morgan fingerprint density at radius 3 is 2.68 bits per heavy atom. The van der Waals surface area contributed by atoms with Crippen molar-refractivity contribution in [2.45, 2.75) is 13.5 Å². The number of aromatic nitrogens is 3. The normalized spacial score (nSPS) is 11.4. The molecule has 0 bridgehead atoms. The van der Waals surface area contributed by atoms with Crippen LogP contribution in [0.2, 0.25) is 5.02 Å². The number of halogens is 2. The van der Waals surface area contributed by atoms with Gasteiger partial charge in [-0.1, -0.05) is 35.9 Å². The summed E-state index contributed by atoms with van der Waals surface area (Å²) in [6.45, 7) is 2.08. The molecule has 4 rings (SSSR count). The number of H-pyrrole nitrogens is 1. The van der Waals surface area contributed by atoms with Gasteiger partial charge in [0.1, 0.15) is 11.5 Å². The number of aromatic amines is 1. The van der Waals surface area contributed by atoms with Crippen molar-refractivity contribution in [2.75, 3.05) is 0 Å². The van der Waals surface area contributed by atoms with Crippen LogP contribution in [-0.2, 0) is 6.54 Å². The molecule has 2 heterocycles. The first-order valence-electron chi connectivity index (χ1n) is 7.90. The zero-order chi connectivity index (χ0) is 17.6. The van der Waals surface area contributed by atoms with E-state index in [0.717, 1.165) is 22.3 Å². The summed E-state index contributed by atoms with van der Waals surface area (Å²) in [5.74, 6) is -0.335. The molecule has 0 aliphatic heterocycles. The molecule has 0 radical (unpaired) electrons. The molecule has 3 N–H and O–H groups in total. The second-order valence-electron chi connectivity index (χ2n) is 5.93. The maximum atomic E-state index is 14.3. The van der Waals surface area contributed by atoms with Crippen LogP contribution in [0.15, 0.2) is 48.5 Å². The molecular formula is C19H16ClFN4. The number of fused-ring (bicyclic) bond motifs is 1. The van der Waals surface area contributed by atoms with Crippen LogP contribution in [0.3, 0.4) is 0 Å². The van der Waals surface area contributed by atoms with Gasteiger partial charge in [-0.25, -0.2) is 4.39 Å². The molecule has 0 fully saturated rings. The summed E-state index contributed by atoms with van der Waals surface area (Å²) in [6.07, 6.45) is 0. The first-order chi connectivity index (χ1) is 12.1. The smallest absolute Gasteiger partial charge is 0.129 e. The summed E-state index contributed by atoms with van der Waals surface area (Å²) < 4.78 is 16.3. The Morgan fingerprint density at radius 2 is 2.00 bits per heavy atom. The van der Waals surface area contributed by atoms with Crippen LogP contribution in [0.5, 0.6) is 0 Å². The molecule has 2 aromatic carbocycles. The number of hydrogen-bond donors (Lipinski definition) is 2. The fourth-order valence-corrected chi connectivity index (χ4v) is 3.42. The zero-order valence-corrected chi connectivity index (χ0v) is 14.3. The number of para-hydroxylation sites is 1. The summed E-state index contributed by atoms with van der Waals surface area (Å²) in [6, 6.07) is 14.7. The van der Waals surface area contributed by atoms with E-state index in [1.165, 1.54) is 6.07 Å². The Hall–Kier alpha value is -2.63. The van der Waals surface area contributed by atoms with E-state index >= 15 is 0 Å². The summed E-state index contributed by atoms with van der Waals surface area (Å²) in [5.41, 5.74) is 9.98. The van der Waals surface area contributed by atoms with E-state index in [2.05, 4.69) is 10.2 Å². The molecule has 25 heavy (non-hydrogen) atoms. The molecule has 0 atom stereocenters. The van der Waals surface area contributed by atoms with Crippen molar-refractivity contribution in [1.29, 1.82) is 0 Å². The van der Waals surface area contributed by atoms with E-state index in [9.17, 15) is 4.39 Å². The minimum atomic E-state index is -0.335. The van der Waals surface area contributed by atoms with E-state index in [1.807, 2.05) is 47.9 Å². The van der Waals surface area contributed by atoms with Crippen LogP contribution in [0.25, 0.3) is 28.0 Å². The Balaban J connectivity index is 2.07. The van der Waals surface area contributed by atoms with Gasteiger partial charge in [-0.2, -0.15) is 5.10 Å². The Labute approximate surface area is 149 Å². The van der Waals surface area contributed by atoms with Crippen molar-refractivity contribution >= 4 is 22.5 Å². The first-order valence-corrected chi connectivity index (χ1v) is 8.28. The van der Waals surface area contributed by atoms with Gasteiger partial charge in [-0.05, 0) is 31.2 Å². The summed E-state index contributed by atoms with van der Waals surface area (Å²) in [7, 11) is 0. The van der Waals surface area contributed by atoms with Crippen molar-refractivity contribution < 1.29 is 4.39 Å². The van der Waals surface area contributed by atoms with E-state index in [-0.39, 0.29) is 12.4 Å². The standard InChI is InChI=1S/C19H16ClFN4/c1-11-8-16(24-23-11)19-18(20)14-4-2-3-5-17(14)25(19)13-7-6-12(10-22)15(21)9-13/h2-9H,10,22H2,1H3,(H,23,24). The lowest BCUT2D eigenvalue weighted by molar-refractivity contribution is 0.609. The van der Waals surface area contributed by atoms with E-state index in [1.54, 1.807) is 6.07 Å². The van der Waals surface area contributed by atoms with Crippen molar-refractivity contribution in [3.05, 3.63) is 70.6 Å². The van der Waals surface area contributed by atoms with Crippen LogP contribution >= 0.6 is 11.6 Å². The molecule has 0 spiro atoms. The lowest BCUT2D eigenvalue weighted by Crippen LogP contribution is -2.03. The number of benzene rings is 2. The highest BCUT2D eigenvalue weighted by atomic mass is 35.5. The highest BCUT2D eigenvalue weighted by Gasteiger charge is 2.20. The maximum Gasteiger partial charge on any atom is 0.129 e. The number of rotatable bonds is 3. The van der Waals surface area contributed by atoms with Gasteiger partial charge in [-0.3, -0.25) is 5.10 Å². The molecule has 0 unspecified atom stereocenters. The molecule has 0 aliphatic carbocycles. The number of hydrogen-bond acceptors (Lipinski definition) is 2. The van der Waals surface area contributed by atoms with Crippen molar-refractivity contribution in [3.63, 3.8) is 0 Å². The SMILES string of the molecule is Cc1cc(-c2c(Cl)c3ccccc3n2-c2ccc(CN)c(F)c2)n[nH]1. The Bertz CT molecular complexity index is 1080. The summed E-state index contributed by atoms with van der Waals surface area (Å²) >= 11 is 6.67. The second kappa shape index (κ2) is 6.02. The van der Waals surface area contributed by atoms with Crippen molar-refractivity contribution in [3.8, 4) is 17.1 Å². The predicted molar refractivity (Wildman–Crippen MR) is 98.5 cm³/mol. The Morgan fingerprint density at radius 1 is 1.20 bits per heavy atom. The molecule has 6 heteroatoms. The fraction of sp³-hybridized carbons (Fsp3) is 0.105. The lowest BCUT2D eigenvalue weighted by atomic mass is 10.2. The third-order valence-electron chi connectivity index (χ3n) is 4.28. The van der Waals surface area contributed by atoms with Crippen LogP contribution in [0.4, 0.5) is 4.39 Å². The van der Waals surface area contributed by atoms with Gasteiger partial charge in [0, 0.05) is 28.9 Å². The highest BCUT2D eigenvalue weighted by molar-refractivity contribution is 6.38. The summed E-state index contributed by atoms with van der Waals surface area (Å²) in [4.78, 5) is 0. The largest absolute Gasteiger partial charge is 0.326 e. The highest BCUT2D eigenvalue weighted by Crippen LogP contribution is 2.39. The first kappa shape index (κ1) is 15.9. The third-order valence-corrected chi connectivity index (χ3v) is 4.66. The molecule has 0 amide bonds. The predicted octanol–water partition coefficient (Wildman–Crippen LogP) is 4.58. The molecule has 0 saturated heterocycles. The average molecular weight is 355 g/mol. The number of nitrogens with one attached hydrogen (secondary N) is 1. The molecule has 4 aromatic rings. The molecule has 126 valence electrons. The molecule has 0 aliphatic rings. The zero-order valence-electron chi connectivity index (χ0n) is 13.6. The fourth-order valence-electron chi connectivity index (χ4n) is 3.08. The van der Waals surface area contributed by atoms with Crippen LogP contribution in [0, 0.1) is 12.7 Å². The van der Waals surface area contributed by atoms with Gasteiger partial charge >= 0.3 is 0 Å². The van der Waals surface area contributed by atoms with Crippen LogP contribution < -0.4 is 5.73 Å². The van der Waals surface area contributed by atoms with Gasteiger partial charge in [0.2, 0.25) is 0 Å².